The lowest BCUT2D eigenvalue weighted by molar-refractivity contribution is -0.151. The lowest BCUT2D eigenvalue weighted by Crippen LogP contribution is -2.32. The highest BCUT2D eigenvalue weighted by molar-refractivity contribution is 5.83. The van der Waals surface area contributed by atoms with Gasteiger partial charge in [-0.3, -0.25) is 9.59 Å². The fourth-order valence-electron chi connectivity index (χ4n) is 2.91. The first-order valence-corrected chi connectivity index (χ1v) is 9.24. The maximum absolute atomic E-state index is 13.5. The molecule has 0 heterocycles. The van der Waals surface area contributed by atoms with E-state index in [1.165, 1.54) is 6.07 Å². The number of esters is 1. The van der Waals surface area contributed by atoms with Crippen LogP contribution in [0, 0.1) is 11.7 Å². The molecule has 0 aliphatic heterocycles. The molecule has 2 atom stereocenters. The molecule has 2 aromatic carbocycles. The second kappa shape index (κ2) is 10.5. The highest BCUT2D eigenvalue weighted by Gasteiger charge is 2.27. The number of carbonyl (C=O) groups is 2. The van der Waals surface area contributed by atoms with Crippen LogP contribution in [-0.2, 0) is 20.7 Å². The van der Waals surface area contributed by atoms with E-state index in [0.29, 0.717) is 12.0 Å². The van der Waals surface area contributed by atoms with Crippen molar-refractivity contribution in [3.8, 4) is 0 Å². The summed E-state index contributed by atoms with van der Waals surface area (Å²) < 4.78 is 18.8. The van der Waals surface area contributed by atoms with Crippen LogP contribution in [0.1, 0.15) is 37.3 Å². The Morgan fingerprint density at radius 2 is 1.74 bits per heavy atom. The molecular weight excluding hydrogens is 345 g/mol. The first-order valence-electron chi connectivity index (χ1n) is 9.24. The van der Waals surface area contributed by atoms with Gasteiger partial charge in [0.25, 0.3) is 5.91 Å². The molecule has 0 saturated heterocycles. The Hall–Kier alpha value is -2.69. The molecule has 0 radical (unpaired) electrons. The Balaban J connectivity index is 1.83. The number of rotatable bonds is 9. The summed E-state index contributed by atoms with van der Waals surface area (Å²) in [5, 5.41) is 2.65. The SMILES string of the molecule is CC[C@H](C)[C@H](C(=O)OCC(=O)NCCc1ccccc1F)c1ccccc1. The molecule has 5 heteroatoms. The molecule has 2 aromatic rings. The number of carbonyl (C=O) groups excluding carboxylic acids is 2. The summed E-state index contributed by atoms with van der Waals surface area (Å²) in [6, 6.07) is 15.9. The summed E-state index contributed by atoms with van der Waals surface area (Å²) in [6.45, 7) is 3.96. The monoisotopic (exact) mass is 371 g/mol. The van der Waals surface area contributed by atoms with Gasteiger partial charge in [0.15, 0.2) is 6.61 Å². The maximum atomic E-state index is 13.5. The minimum atomic E-state index is -0.403. The molecule has 1 amide bonds. The molecule has 0 bridgehead atoms. The van der Waals surface area contributed by atoms with E-state index in [0.717, 1.165) is 12.0 Å². The van der Waals surface area contributed by atoms with Crippen molar-refractivity contribution in [3.63, 3.8) is 0 Å². The third kappa shape index (κ3) is 6.20. The van der Waals surface area contributed by atoms with E-state index in [2.05, 4.69) is 5.32 Å². The van der Waals surface area contributed by atoms with Crippen LogP contribution in [0.4, 0.5) is 4.39 Å². The van der Waals surface area contributed by atoms with Gasteiger partial charge < -0.3 is 10.1 Å². The van der Waals surface area contributed by atoms with E-state index in [4.69, 9.17) is 4.74 Å². The fourth-order valence-corrected chi connectivity index (χ4v) is 2.91. The van der Waals surface area contributed by atoms with E-state index < -0.39 is 17.8 Å². The Bertz CT molecular complexity index is 748. The van der Waals surface area contributed by atoms with Crippen molar-refractivity contribution < 1.29 is 18.7 Å². The number of benzene rings is 2. The average Bonchev–Trinajstić information content (AvgIpc) is 2.68. The predicted molar refractivity (Wildman–Crippen MR) is 103 cm³/mol. The van der Waals surface area contributed by atoms with E-state index in [9.17, 15) is 14.0 Å². The standard InChI is InChI=1S/C22H26FNO3/c1-3-16(2)21(18-10-5-4-6-11-18)22(26)27-15-20(25)24-14-13-17-9-7-8-12-19(17)23/h4-12,16,21H,3,13-15H2,1-2H3,(H,24,25)/t16-,21-/m0/s1. The third-order valence-corrected chi connectivity index (χ3v) is 4.65. The zero-order chi connectivity index (χ0) is 19.6. The number of halogens is 1. The summed E-state index contributed by atoms with van der Waals surface area (Å²) in [5.41, 5.74) is 1.42. The molecule has 0 aliphatic rings. The minimum Gasteiger partial charge on any atom is -0.455 e. The zero-order valence-corrected chi connectivity index (χ0v) is 15.8. The maximum Gasteiger partial charge on any atom is 0.314 e. The van der Waals surface area contributed by atoms with Gasteiger partial charge in [0.05, 0.1) is 5.92 Å². The van der Waals surface area contributed by atoms with Crippen molar-refractivity contribution in [1.82, 2.24) is 5.32 Å². The summed E-state index contributed by atoms with van der Waals surface area (Å²) in [6.07, 6.45) is 1.20. The number of nitrogens with one attached hydrogen (secondary N) is 1. The molecule has 2 rings (SSSR count). The molecule has 0 aromatic heterocycles. The lowest BCUT2D eigenvalue weighted by atomic mass is 9.86. The van der Waals surface area contributed by atoms with Gasteiger partial charge in [0.1, 0.15) is 5.82 Å². The van der Waals surface area contributed by atoms with Crippen LogP contribution in [0.15, 0.2) is 54.6 Å². The van der Waals surface area contributed by atoms with Gasteiger partial charge in [-0.25, -0.2) is 4.39 Å². The molecule has 0 fully saturated rings. The molecule has 144 valence electrons. The Morgan fingerprint density at radius 3 is 2.41 bits per heavy atom. The van der Waals surface area contributed by atoms with Gasteiger partial charge in [0, 0.05) is 6.54 Å². The average molecular weight is 371 g/mol. The number of amides is 1. The van der Waals surface area contributed by atoms with Crippen LogP contribution in [0.2, 0.25) is 0 Å². The van der Waals surface area contributed by atoms with E-state index in [1.54, 1.807) is 18.2 Å². The van der Waals surface area contributed by atoms with Crippen molar-refractivity contribution in [2.75, 3.05) is 13.2 Å². The Morgan fingerprint density at radius 1 is 1.07 bits per heavy atom. The normalized spacial score (nSPS) is 12.9. The highest BCUT2D eigenvalue weighted by Crippen LogP contribution is 2.28. The van der Waals surface area contributed by atoms with Crippen LogP contribution < -0.4 is 5.32 Å². The quantitative estimate of drug-likeness (QED) is 0.681. The van der Waals surface area contributed by atoms with Crippen molar-refractivity contribution in [2.24, 2.45) is 5.92 Å². The molecule has 0 saturated carbocycles. The van der Waals surface area contributed by atoms with Crippen LogP contribution in [0.3, 0.4) is 0 Å². The predicted octanol–water partition coefficient (Wildman–Crippen LogP) is 3.86. The van der Waals surface area contributed by atoms with E-state index >= 15 is 0 Å². The largest absolute Gasteiger partial charge is 0.455 e. The summed E-state index contributed by atoms with van der Waals surface area (Å²) in [4.78, 5) is 24.5. The van der Waals surface area contributed by atoms with Crippen LogP contribution in [-0.4, -0.2) is 25.0 Å². The summed E-state index contributed by atoms with van der Waals surface area (Å²) in [5.74, 6) is -1.39. The van der Waals surface area contributed by atoms with Crippen molar-refractivity contribution in [1.29, 1.82) is 0 Å². The van der Waals surface area contributed by atoms with E-state index in [-0.39, 0.29) is 24.9 Å². The van der Waals surface area contributed by atoms with Crippen molar-refractivity contribution in [3.05, 3.63) is 71.5 Å². The number of hydrogen-bond donors (Lipinski definition) is 1. The second-order valence-electron chi connectivity index (χ2n) is 6.57. The zero-order valence-electron chi connectivity index (χ0n) is 15.8. The Labute approximate surface area is 159 Å². The second-order valence-corrected chi connectivity index (χ2v) is 6.57. The van der Waals surface area contributed by atoms with E-state index in [1.807, 2.05) is 44.2 Å². The summed E-state index contributed by atoms with van der Waals surface area (Å²) >= 11 is 0. The molecule has 1 N–H and O–H groups in total. The lowest BCUT2D eigenvalue weighted by Gasteiger charge is -2.21. The topological polar surface area (TPSA) is 55.4 Å². The minimum absolute atomic E-state index is 0.101. The summed E-state index contributed by atoms with van der Waals surface area (Å²) in [7, 11) is 0. The molecule has 0 spiro atoms. The number of ether oxygens (including phenoxy) is 1. The molecule has 4 nitrogen and oxygen atoms in total. The van der Waals surface area contributed by atoms with Gasteiger partial charge in [-0.05, 0) is 29.5 Å². The van der Waals surface area contributed by atoms with Crippen molar-refractivity contribution >= 4 is 11.9 Å². The molecule has 27 heavy (non-hydrogen) atoms. The van der Waals surface area contributed by atoms with Gasteiger partial charge in [0.2, 0.25) is 0 Å². The smallest absolute Gasteiger partial charge is 0.314 e. The fraction of sp³-hybridized carbons (Fsp3) is 0.364. The first kappa shape index (κ1) is 20.6. The van der Waals surface area contributed by atoms with Crippen molar-refractivity contribution in [2.45, 2.75) is 32.6 Å². The molecule has 0 unspecified atom stereocenters. The van der Waals surface area contributed by atoms with Gasteiger partial charge in [-0.2, -0.15) is 0 Å². The first-order chi connectivity index (χ1) is 13.0. The van der Waals surface area contributed by atoms with Crippen LogP contribution >= 0.6 is 0 Å². The van der Waals surface area contributed by atoms with Gasteiger partial charge in [-0.1, -0.05) is 68.8 Å². The van der Waals surface area contributed by atoms with Gasteiger partial charge >= 0.3 is 5.97 Å². The Kier molecular flexibility index (Phi) is 7.99. The van der Waals surface area contributed by atoms with Crippen LogP contribution in [0.5, 0.6) is 0 Å². The third-order valence-electron chi connectivity index (χ3n) is 4.65. The number of hydrogen-bond acceptors (Lipinski definition) is 3. The molecular formula is C22H26FNO3. The molecule has 0 aliphatic carbocycles. The van der Waals surface area contributed by atoms with Crippen LogP contribution in [0.25, 0.3) is 0 Å². The van der Waals surface area contributed by atoms with Gasteiger partial charge in [-0.15, -0.1) is 0 Å². The highest BCUT2D eigenvalue weighted by atomic mass is 19.1.